The fourth-order valence-corrected chi connectivity index (χ4v) is 3.12. The SMILES string of the molecule is CC1C(N)CCN1Cc1ccsc1Br. The predicted octanol–water partition coefficient (Wildman–Crippen LogP) is 2.43. The summed E-state index contributed by atoms with van der Waals surface area (Å²) in [7, 11) is 0. The second-order valence-corrected chi connectivity index (χ2v) is 6.12. The van der Waals surface area contributed by atoms with Crippen molar-refractivity contribution in [3.63, 3.8) is 0 Å². The van der Waals surface area contributed by atoms with Gasteiger partial charge in [0.2, 0.25) is 0 Å². The maximum absolute atomic E-state index is 5.98. The number of rotatable bonds is 2. The number of hydrogen-bond acceptors (Lipinski definition) is 3. The highest BCUT2D eigenvalue weighted by atomic mass is 79.9. The van der Waals surface area contributed by atoms with E-state index in [0.717, 1.165) is 19.5 Å². The Bertz CT molecular complexity index is 313. The molecule has 1 aromatic heterocycles. The Labute approximate surface area is 97.2 Å². The molecule has 1 saturated heterocycles. The number of nitrogens with two attached hydrogens (primary N) is 1. The van der Waals surface area contributed by atoms with Crippen molar-refractivity contribution in [2.24, 2.45) is 5.73 Å². The Morgan fingerprint density at radius 3 is 3.00 bits per heavy atom. The summed E-state index contributed by atoms with van der Waals surface area (Å²) in [5, 5.41) is 2.13. The maximum atomic E-state index is 5.98. The lowest BCUT2D eigenvalue weighted by atomic mass is 10.1. The largest absolute Gasteiger partial charge is 0.326 e. The molecule has 0 radical (unpaired) electrons. The van der Waals surface area contributed by atoms with Gasteiger partial charge in [0.05, 0.1) is 3.79 Å². The molecular formula is C10H15BrN2S. The number of nitrogens with zero attached hydrogens (tertiary/aromatic N) is 1. The average molecular weight is 275 g/mol. The van der Waals surface area contributed by atoms with Gasteiger partial charge in [0.1, 0.15) is 0 Å². The highest BCUT2D eigenvalue weighted by Gasteiger charge is 2.27. The van der Waals surface area contributed by atoms with Crippen LogP contribution in [0.15, 0.2) is 15.2 Å². The van der Waals surface area contributed by atoms with Gasteiger partial charge in [-0.05, 0) is 46.3 Å². The van der Waals surface area contributed by atoms with Crippen LogP contribution in [0.3, 0.4) is 0 Å². The minimum absolute atomic E-state index is 0.354. The van der Waals surface area contributed by atoms with E-state index >= 15 is 0 Å². The van der Waals surface area contributed by atoms with E-state index < -0.39 is 0 Å². The number of likely N-dealkylation sites (tertiary alicyclic amines) is 1. The van der Waals surface area contributed by atoms with E-state index in [4.69, 9.17) is 5.73 Å². The van der Waals surface area contributed by atoms with Gasteiger partial charge < -0.3 is 5.73 Å². The Morgan fingerprint density at radius 1 is 1.71 bits per heavy atom. The first-order valence-electron chi connectivity index (χ1n) is 4.90. The van der Waals surface area contributed by atoms with E-state index in [1.54, 1.807) is 11.3 Å². The van der Waals surface area contributed by atoms with Gasteiger partial charge in [-0.1, -0.05) is 0 Å². The van der Waals surface area contributed by atoms with Crippen molar-refractivity contribution in [3.8, 4) is 0 Å². The van der Waals surface area contributed by atoms with Crippen LogP contribution in [0.4, 0.5) is 0 Å². The first-order valence-corrected chi connectivity index (χ1v) is 6.57. The standard InChI is InChI=1S/C10H15BrN2S/c1-7-9(12)2-4-13(7)6-8-3-5-14-10(8)11/h3,5,7,9H,2,4,6,12H2,1H3. The van der Waals surface area contributed by atoms with Crippen LogP contribution in [0.25, 0.3) is 0 Å². The van der Waals surface area contributed by atoms with Crippen LogP contribution in [0.1, 0.15) is 18.9 Å². The normalized spacial score (nSPS) is 28.5. The van der Waals surface area contributed by atoms with Gasteiger partial charge in [-0.25, -0.2) is 0 Å². The molecule has 0 amide bonds. The topological polar surface area (TPSA) is 29.3 Å². The summed E-state index contributed by atoms with van der Waals surface area (Å²) < 4.78 is 1.25. The minimum atomic E-state index is 0.354. The Morgan fingerprint density at radius 2 is 2.50 bits per heavy atom. The fraction of sp³-hybridized carbons (Fsp3) is 0.600. The molecule has 78 valence electrons. The molecule has 1 aliphatic rings. The van der Waals surface area contributed by atoms with E-state index in [0.29, 0.717) is 12.1 Å². The smallest absolute Gasteiger partial charge is 0.0743 e. The second kappa shape index (κ2) is 4.31. The van der Waals surface area contributed by atoms with Crippen LogP contribution in [0.5, 0.6) is 0 Å². The van der Waals surface area contributed by atoms with Gasteiger partial charge in [0.25, 0.3) is 0 Å². The molecule has 0 aliphatic carbocycles. The van der Waals surface area contributed by atoms with E-state index in [9.17, 15) is 0 Å². The Balaban J connectivity index is 2.02. The second-order valence-electron chi connectivity index (χ2n) is 3.88. The monoisotopic (exact) mass is 274 g/mol. The van der Waals surface area contributed by atoms with Gasteiger partial charge >= 0.3 is 0 Å². The molecule has 2 nitrogen and oxygen atoms in total. The molecule has 2 atom stereocenters. The molecule has 0 spiro atoms. The molecule has 1 aliphatic heterocycles. The van der Waals surface area contributed by atoms with E-state index in [1.165, 1.54) is 9.35 Å². The van der Waals surface area contributed by atoms with Gasteiger partial charge in [-0.2, -0.15) is 0 Å². The molecule has 0 saturated carbocycles. The Hall–Kier alpha value is 0.100. The summed E-state index contributed by atoms with van der Waals surface area (Å²) in [6.45, 7) is 4.38. The van der Waals surface area contributed by atoms with Crippen molar-refractivity contribution in [2.75, 3.05) is 6.54 Å². The summed E-state index contributed by atoms with van der Waals surface area (Å²) in [6.07, 6.45) is 1.13. The zero-order chi connectivity index (χ0) is 10.1. The number of hydrogen-bond donors (Lipinski definition) is 1. The highest BCUT2D eigenvalue weighted by Crippen LogP contribution is 2.27. The summed E-state index contributed by atoms with van der Waals surface area (Å²) in [5.41, 5.74) is 7.37. The number of halogens is 1. The average Bonchev–Trinajstić information content (AvgIpc) is 2.68. The third-order valence-electron chi connectivity index (χ3n) is 3.01. The van der Waals surface area contributed by atoms with Crippen LogP contribution in [-0.2, 0) is 6.54 Å². The summed E-state index contributed by atoms with van der Waals surface area (Å²) in [4.78, 5) is 2.46. The van der Waals surface area contributed by atoms with Crippen molar-refractivity contribution >= 4 is 27.3 Å². The molecule has 1 aromatic rings. The van der Waals surface area contributed by atoms with Crippen molar-refractivity contribution in [3.05, 3.63) is 20.8 Å². The highest BCUT2D eigenvalue weighted by molar-refractivity contribution is 9.11. The third-order valence-corrected chi connectivity index (χ3v) is 4.82. The zero-order valence-corrected chi connectivity index (χ0v) is 10.6. The third kappa shape index (κ3) is 2.03. The van der Waals surface area contributed by atoms with Crippen LogP contribution >= 0.6 is 27.3 Å². The van der Waals surface area contributed by atoms with Gasteiger partial charge in [0, 0.05) is 25.2 Å². The van der Waals surface area contributed by atoms with Gasteiger partial charge in [-0.15, -0.1) is 11.3 Å². The van der Waals surface area contributed by atoms with Crippen LogP contribution in [-0.4, -0.2) is 23.5 Å². The van der Waals surface area contributed by atoms with Crippen LogP contribution in [0, 0.1) is 0 Å². The molecule has 1 fully saturated rings. The molecule has 2 rings (SSSR count). The Kier molecular flexibility index (Phi) is 3.27. The first-order chi connectivity index (χ1) is 6.68. The van der Waals surface area contributed by atoms with E-state index in [1.807, 2.05) is 0 Å². The van der Waals surface area contributed by atoms with Crippen LogP contribution in [0.2, 0.25) is 0 Å². The van der Waals surface area contributed by atoms with Gasteiger partial charge in [0.15, 0.2) is 0 Å². The lowest BCUT2D eigenvalue weighted by molar-refractivity contribution is 0.251. The van der Waals surface area contributed by atoms with Gasteiger partial charge in [-0.3, -0.25) is 4.90 Å². The van der Waals surface area contributed by atoms with Crippen molar-refractivity contribution in [1.82, 2.24) is 4.90 Å². The molecule has 14 heavy (non-hydrogen) atoms. The van der Waals surface area contributed by atoms with Crippen molar-refractivity contribution < 1.29 is 0 Å². The molecule has 4 heteroatoms. The molecular weight excluding hydrogens is 260 g/mol. The summed E-state index contributed by atoms with van der Waals surface area (Å²) in [6, 6.07) is 3.06. The summed E-state index contributed by atoms with van der Waals surface area (Å²) >= 11 is 5.32. The van der Waals surface area contributed by atoms with Crippen LogP contribution < -0.4 is 5.73 Å². The first kappa shape index (κ1) is 10.6. The lowest BCUT2D eigenvalue weighted by Crippen LogP contribution is -2.36. The quantitative estimate of drug-likeness (QED) is 0.898. The van der Waals surface area contributed by atoms with E-state index in [-0.39, 0.29) is 0 Å². The molecule has 2 heterocycles. The molecule has 2 unspecified atom stereocenters. The van der Waals surface area contributed by atoms with Crippen molar-refractivity contribution in [1.29, 1.82) is 0 Å². The summed E-state index contributed by atoms with van der Waals surface area (Å²) in [5.74, 6) is 0. The maximum Gasteiger partial charge on any atom is 0.0743 e. The van der Waals surface area contributed by atoms with Crippen molar-refractivity contribution in [2.45, 2.75) is 32.0 Å². The minimum Gasteiger partial charge on any atom is -0.326 e. The van der Waals surface area contributed by atoms with E-state index in [2.05, 4.69) is 39.2 Å². The molecule has 0 bridgehead atoms. The fourth-order valence-electron chi connectivity index (χ4n) is 1.90. The predicted molar refractivity (Wildman–Crippen MR) is 64.5 cm³/mol. The molecule has 0 aromatic carbocycles. The lowest BCUT2D eigenvalue weighted by Gasteiger charge is -2.22. The number of thiophene rings is 1. The molecule has 2 N–H and O–H groups in total. The zero-order valence-electron chi connectivity index (χ0n) is 8.24.